The molecule has 3 N–H and O–H groups in total. The first kappa shape index (κ1) is 11.3. The normalized spacial score (nSPS) is 38.1. The molecule has 19 heavy (non-hydrogen) atoms. The Kier molecular flexibility index (Phi) is 2.20. The first-order valence-electron chi connectivity index (χ1n) is 7.01. The lowest BCUT2D eigenvalue weighted by Gasteiger charge is -2.11. The van der Waals surface area contributed by atoms with Crippen molar-refractivity contribution in [2.45, 2.75) is 25.3 Å². The highest BCUT2D eigenvalue weighted by atomic mass is 19.1. The predicted octanol–water partition coefficient (Wildman–Crippen LogP) is 2.18. The second-order valence-corrected chi connectivity index (χ2v) is 6.23. The quantitative estimate of drug-likeness (QED) is 0.801. The van der Waals surface area contributed by atoms with Gasteiger partial charge in [-0.3, -0.25) is 4.79 Å². The molecule has 2 bridgehead atoms. The van der Waals surface area contributed by atoms with Crippen LogP contribution in [0.25, 0.3) is 0 Å². The van der Waals surface area contributed by atoms with E-state index in [-0.39, 0.29) is 17.5 Å². The molecule has 0 saturated heterocycles. The maximum absolute atomic E-state index is 13.7. The van der Waals surface area contributed by atoms with Gasteiger partial charge in [0.25, 0.3) is 5.91 Å². The van der Waals surface area contributed by atoms with Gasteiger partial charge in [-0.2, -0.15) is 0 Å². The summed E-state index contributed by atoms with van der Waals surface area (Å²) in [6.45, 7) is 0. The van der Waals surface area contributed by atoms with Crippen LogP contribution in [0.3, 0.4) is 0 Å². The molecular formula is C15H17FN2O. The molecule has 1 aromatic carbocycles. The van der Waals surface area contributed by atoms with Crippen LogP contribution in [0, 0.1) is 29.5 Å². The van der Waals surface area contributed by atoms with Crippen LogP contribution in [-0.2, 0) is 0 Å². The molecule has 3 saturated carbocycles. The summed E-state index contributed by atoms with van der Waals surface area (Å²) in [5.41, 5.74) is 5.94. The number of nitrogens with one attached hydrogen (secondary N) is 1. The minimum atomic E-state index is -0.536. The van der Waals surface area contributed by atoms with Gasteiger partial charge in [0.15, 0.2) is 0 Å². The Labute approximate surface area is 111 Å². The highest BCUT2D eigenvalue weighted by Crippen LogP contribution is 2.65. The first-order valence-corrected chi connectivity index (χ1v) is 7.01. The lowest BCUT2D eigenvalue weighted by Crippen LogP contribution is -2.30. The Balaban J connectivity index is 1.48. The van der Waals surface area contributed by atoms with Crippen molar-refractivity contribution in [3.63, 3.8) is 0 Å². The van der Waals surface area contributed by atoms with Crippen LogP contribution < -0.4 is 11.1 Å². The monoisotopic (exact) mass is 260 g/mol. The molecule has 3 aliphatic rings. The minimum Gasteiger partial charge on any atom is -0.399 e. The summed E-state index contributed by atoms with van der Waals surface area (Å²) in [7, 11) is 0. The van der Waals surface area contributed by atoms with Crippen LogP contribution >= 0.6 is 0 Å². The van der Waals surface area contributed by atoms with E-state index in [4.69, 9.17) is 5.73 Å². The van der Waals surface area contributed by atoms with Crippen molar-refractivity contribution in [1.29, 1.82) is 0 Å². The molecule has 4 rings (SSSR count). The summed E-state index contributed by atoms with van der Waals surface area (Å²) in [5, 5.41) is 3.01. The molecule has 4 unspecified atom stereocenters. The third kappa shape index (κ3) is 1.58. The second kappa shape index (κ2) is 3.71. The molecule has 3 nitrogen and oxygen atoms in total. The highest BCUT2D eigenvalue weighted by molar-refractivity contribution is 5.95. The number of nitrogens with two attached hydrogens (primary N) is 1. The van der Waals surface area contributed by atoms with Crippen LogP contribution in [0.4, 0.5) is 10.1 Å². The Morgan fingerprint density at radius 2 is 1.95 bits per heavy atom. The number of carbonyl (C=O) groups is 1. The van der Waals surface area contributed by atoms with E-state index >= 15 is 0 Å². The van der Waals surface area contributed by atoms with E-state index in [0.717, 1.165) is 11.8 Å². The van der Waals surface area contributed by atoms with Crippen molar-refractivity contribution in [3.05, 3.63) is 29.6 Å². The lowest BCUT2D eigenvalue weighted by molar-refractivity contribution is 0.0940. The number of rotatable bonds is 2. The lowest BCUT2D eigenvalue weighted by atomic mass is 10.0. The highest BCUT2D eigenvalue weighted by Gasteiger charge is 2.65. The summed E-state index contributed by atoms with van der Waals surface area (Å²) in [4.78, 5) is 12.1. The van der Waals surface area contributed by atoms with E-state index in [1.807, 2.05) is 0 Å². The maximum Gasteiger partial charge on any atom is 0.254 e. The number of nitrogen functional groups attached to an aromatic ring is 1. The number of carbonyl (C=O) groups excluding carboxylic acids is 1. The molecule has 0 radical (unpaired) electrons. The Bertz CT molecular complexity index is 543. The molecule has 0 aromatic heterocycles. The number of hydrogen-bond acceptors (Lipinski definition) is 2. The molecule has 1 amide bonds. The molecule has 3 aliphatic carbocycles. The number of anilines is 1. The van der Waals surface area contributed by atoms with Crippen LogP contribution in [0.2, 0.25) is 0 Å². The molecule has 100 valence electrons. The van der Waals surface area contributed by atoms with Gasteiger partial charge >= 0.3 is 0 Å². The molecule has 4 heteroatoms. The molecule has 4 atom stereocenters. The summed E-state index contributed by atoms with van der Waals surface area (Å²) in [5.74, 6) is 2.11. The molecular weight excluding hydrogens is 243 g/mol. The van der Waals surface area contributed by atoms with E-state index in [0.29, 0.717) is 17.5 Å². The van der Waals surface area contributed by atoms with E-state index in [1.165, 1.54) is 31.4 Å². The average Bonchev–Trinajstić information content (AvgIpc) is 2.78. The van der Waals surface area contributed by atoms with Gasteiger partial charge in [0.1, 0.15) is 5.82 Å². The zero-order valence-corrected chi connectivity index (χ0v) is 10.6. The van der Waals surface area contributed by atoms with Gasteiger partial charge in [-0.25, -0.2) is 4.39 Å². The number of benzene rings is 1. The standard InChI is InChI=1S/C15H17FN2O/c16-11-6-9(17)3-4-10(11)15(19)18-14-12-7-1-2-8(5-7)13(12)14/h3-4,6-8,12-14H,1-2,5,17H2,(H,18,19). The zero-order chi connectivity index (χ0) is 13.1. The Morgan fingerprint density at radius 3 is 2.58 bits per heavy atom. The fraction of sp³-hybridized carbons (Fsp3) is 0.533. The van der Waals surface area contributed by atoms with Gasteiger partial charge in [-0.05, 0) is 61.1 Å². The second-order valence-electron chi connectivity index (χ2n) is 6.23. The van der Waals surface area contributed by atoms with Gasteiger partial charge in [0.2, 0.25) is 0 Å². The number of hydrogen-bond donors (Lipinski definition) is 2. The molecule has 0 spiro atoms. The first-order chi connectivity index (χ1) is 9.15. The third-order valence-electron chi connectivity index (χ3n) is 5.27. The summed E-state index contributed by atoms with van der Waals surface area (Å²) in [6.07, 6.45) is 3.97. The van der Waals surface area contributed by atoms with Crippen molar-refractivity contribution in [2.75, 3.05) is 5.73 Å². The molecule has 3 fully saturated rings. The number of amides is 1. The maximum atomic E-state index is 13.7. The average molecular weight is 260 g/mol. The van der Waals surface area contributed by atoms with Gasteiger partial charge < -0.3 is 11.1 Å². The van der Waals surface area contributed by atoms with Crippen LogP contribution in [0.1, 0.15) is 29.6 Å². The SMILES string of the molecule is Nc1ccc(C(=O)NC2C3C4CCC(C4)C23)c(F)c1. The van der Waals surface area contributed by atoms with Crippen LogP contribution in [-0.4, -0.2) is 11.9 Å². The molecule has 1 aromatic rings. The van der Waals surface area contributed by atoms with E-state index in [2.05, 4.69) is 5.32 Å². The molecule has 0 aliphatic heterocycles. The predicted molar refractivity (Wildman–Crippen MR) is 69.9 cm³/mol. The third-order valence-corrected chi connectivity index (χ3v) is 5.27. The fourth-order valence-electron chi connectivity index (χ4n) is 4.46. The summed E-state index contributed by atoms with van der Waals surface area (Å²) < 4.78 is 13.7. The topological polar surface area (TPSA) is 55.1 Å². The fourth-order valence-corrected chi connectivity index (χ4v) is 4.46. The van der Waals surface area contributed by atoms with E-state index in [1.54, 1.807) is 6.07 Å². The van der Waals surface area contributed by atoms with Gasteiger partial charge in [-0.1, -0.05) is 0 Å². The summed E-state index contributed by atoms with van der Waals surface area (Å²) >= 11 is 0. The van der Waals surface area contributed by atoms with Crippen molar-refractivity contribution >= 4 is 11.6 Å². The van der Waals surface area contributed by atoms with Crippen molar-refractivity contribution in [2.24, 2.45) is 23.7 Å². The van der Waals surface area contributed by atoms with E-state index < -0.39 is 5.82 Å². The van der Waals surface area contributed by atoms with Gasteiger partial charge in [-0.15, -0.1) is 0 Å². The van der Waals surface area contributed by atoms with Crippen molar-refractivity contribution in [1.82, 2.24) is 5.32 Å². The Morgan fingerprint density at radius 1 is 1.26 bits per heavy atom. The smallest absolute Gasteiger partial charge is 0.254 e. The number of halogens is 1. The van der Waals surface area contributed by atoms with E-state index in [9.17, 15) is 9.18 Å². The Hall–Kier alpha value is -1.58. The van der Waals surface area contributed by atoms with Crippen LogP contribution in [0.5, 0.6) is 0 Å². The van der Waals surface area contributed by atoms with Crippen molar-refractivity contribution in [3.8, 4) is 0 Å². The summed E-state index contributed by atoms with van der Waals surface area (Å²) in [6, 6.07) is 4.52. The van der Waals surface area contributed by atoms with Crippen LogP contribution in [0.15, 0.2) is 18.2 Å². The van der Waals surface area contributed by atoms with Gasteiger partial charge in [0.05, 0.1) is 5.56 Å². The zero-order valence-electron chi connectivity index (χ0n) is 10.6. The van der Waals surface area contributed by atoms with Gasteiger partial charge in [0, 0.05) is 11.7 Å². The number of fused-ring (bicyclic) bond motifs is 5. The minimum absolute atomic E-state index is 0.103. The largest absolute Gasteiger partial charge is 0.399 e. The van der Waals surface area contributed by atoms with Crippen molar-refractivity contribution < 1.29 is 9.18 Å². The molecule has 0 heterocycles.